The van der Waals surface area contributed by atoms with Crippen LogP contribution in [0.1, 0.15) is 27.3 Å². The molecular formula is C27H25F3N4O4S. The summed E-state index contributed by atoms with van der Waals surface area (Å²) >= 11 is 0. The largest absolute Gasteiger partial charge is 0.497 e. The number of aromatic nitrogens is 2. The average molecular weight is 559 g/mol. The van der Waals surface area contributed by atoms with Crippen LogP contribution < -0.4 is 9.46 Å². The number of benzene rings is 3. The van der Waals surface area contributed by atoms with Crippen molar-refractivity contribution in [1.29, 1.82) is 0 Å². The lowest BCUT2D eigenvalue weighted by atomic mass is 10.1. The third-order valence-electron chi connectivity index (χ3n) is 5.93. The number of sulfonamides is 1. The van der Waals surface area contributed by atoms with Gasteiger partial charge in [-0.15, -0.1) is 0 Å². The maximum absolute atomic E-state index is 13.9. The molecule has 12 heteroatoms. The maximum atomic E-state index is 13.9. The fourth-order valence-corrected chi connectivity index (χ4v) is 4.98. The molecule has 4 aromatic rings. The second-order valence-electron chi connectivity index (χ2n) is 8.64. The number of halogens is 3. The lowest BCUT2D eigenvalue weighted by Crippen LogP contribution is -2.32. The summed E-state index contributed by atoms with van der Waals surface area (Å²) in [5.41, 5.74) is -0.444. The predicted octanol–water partition coefficient (Wildman–Crippen LogP) is 5.09. The summed E-state index contributed by atoms with van der Waals surface area (Å²) in [6.07, 6.45) is -1.39. The highest BCUT2D eigenvalue weighted by Crippen LogP contribution is 2.32. The fraction of sp³-hybridized carbons (Fsp3) is 0.185. The number of amides is 1. The van der Waals surface area contributed by atoms with Gasteiger partial charge in [0, 0.05) is 26.0 Å². The van der Waals surface area contributed by atoms with Gasteiger partial charge in [-0.25, -0.2) is 13.4 Å². The minimum absolute atomic E-state index is 0.0463. The summed E-state index contributed by atoms with van der Waals surface area (Å²) in [5, 5.41) is 0. The molecule has 39 heavy (non-hydrogen) atoms. The Morgan fingerprint density at radius 2 is 1.77 bits per heavy atom. The summed E-state index contributed by atoms with van der Waals surface area (Å²) in [4.78, 5) is 19.1. The molecule has 3 aromatic carbocycles. The molecule has 204 valence electrons. The van der Waals surface area contributed by atoms with Gasteiger partial charge < -0.3 is 14.2 Å². The zero-order valence-corrected chi connectivity index (χ0v) is 21.8. The number of rotatable bonds is 9. The fourth-order valence-electron chi connectivity index (χ4n) is 3.85. The number of alkyl halides is 3. The van der Waals surface area contributed by atoms with Gasteiger partial charge in [0.2, 0.25) is 0 Å². The second kappa shape index (κ2) is 11.2. The van der Waals surface area contributed by atoms with Crippen LogP contribution in [0.15, 0.2) is 90.1 Å². The number of carbonyl (C=O) groups is 1. The van der Waals surface area contributed by atoms with Crippen molar-refractivity contribution >= 4 is 21.6 Å². The lowest BCUT2D eigenvalue weighted by molar-refractivity contribution is -0.137. The standard InChI is InChI=1S/C27H25F3N4O4S/c1-33-14-13-31-25(33)18-34(17-19-7-4-3-5-8-19)26(35)23-16-21(38-2)11-12-24(23)32-39(36,37)22-10-6-9-20(15-22)27(28,29)30/h3-16,32H,17-18H2,1-2H3. The number of nitrogens with one attached hydrogen (secondary N) is 1. The van der Waals surface area contributed by atoms with Crippen LogP contribution in [0.2, 0.25) is 0 Å². The molecule has 1 amide bonds. The van der Waals surface area contributed by atoms with Crippen LogP contribution in [-0.2, 0) is 36.3 Å². The first-order chi connectivity index (χ1) is 18.5. The molecule has 0 aliphatic heterocycles. The monoisotopic (exact) mass is 558 g/mol. The number of hydrogen-bond acceptors (Lipinski definition) is 5. The molecule has 0 saturated heterocycles. The molecule has 0 radical (unpaired) electrons. The number of aryl methyl sites for hydroxylation is 1. The second-order valence-corrected chi connectivity index (χ2v) is 10.3. The van der Waals surface area contributed by atoms with Crippen LogP contribution >= 0.6 is 0 Å². The smallest absolute Gasteiger partial charge is 0.416 e. The van der Waals surface area contributed by atoms with Crippen molar-refractivity contribution in [3.05, 3.63) is 108 Å². The summed E-state index contributed by atoms with van der Waals surface area (Å²) < 4.78 is 75.2. The zero-order valence-electron chi connectivity index (χ0n) is 21.0. The van der Waals surface area contributed by atoms with Crippen molar-refractivity contribution < 1.29 is 31.1 Å². The third kappa shape index (κ3) is 6.58. The highest BCUT2D eigenvalue weighted by Gasteiger charge is 2.32. The van der Waals surface area contributed by atoms with Gasteiger partial charge in [0.1, 0.15) is 11.6 Å². The number of anilines is 1. The van der Waals surface area contributed by atoms with Crippen molar-refractivity contribution in [2.24, 2.45) is 7.05 Å². The Hall–Kier alpha value is -4.32. The van der Waals surface area contributed by atoms with Crippen LogP contribution in [0.25, 0.3) is 0 Å². The van der Waals surface area contributed by atoms with Gasteiger partial charge in [-0.05, 0) is 42.0 Å². The van der Waals surface area contributed by atoms with Crippen LogP contribution in [0.3, 0.4) is 0 Å². The molecule has 0 bridgehead atoms. The van der Waals surface area contributed by atoms with E-state index in [1.54, 1.807) is 24.0 Å². The highest BCUT2D eigenvalue weighted by atomic mass is 32.2. The molecule has 0 unspecified atom stereocenters. The molecule has 0 atom stereocenters. The molecule has 1 N–H and O–H groups in total. The molecular weight excluding hydrogens is 533 g/mol. The maximum Gasteiger partial charge on any atom is 0.416 e. The van der Waals surface area contributed by atoms with E-state index < -0.39 is 32.6 Å². The molecule has 1 heterocycles. The van der Waals surface area contributed by atoms with Crippen molar-refractivity contribution in [3.63, 3.8) is 0 Å². The number of imidazole rings is 1. The molecule has 1 aromatic heterocycles. The summed E-state index contributed by atoms with van der Waals surface area (Å²) in [6, 6.07) is 16.7. The summed E-state index contributed by atoms with van der Waals surface area (Å²) in [6.45, 7) is 0.290. The van der Waals surface area contributed by atoms with Crippen LogP contribution in [0.5, 0.6) is 5.75 Å². The first kappa shape index (κ1) is 27.7. The Bertz CT molecular complexity index is 1570. The van der Waals surface area contributed by atoms with E-state index in [1.165, 1.54) is 30.2 Å². The van der Waals surface area contributed by atoms with Crippen molar-refractivity contribution in [3.8, 4) is 5.75 Å². The topological polar surface area (TPSA) is 93.5 Å². The Morgan fingerprint density at radius 3 is 2.41 bits per heavy atom. The molecule has 4 rings (SSSR count). The quantitative estimate of drug-likeness (QED) is 0.309. The number of nitrogens with zero attached hydrogens (tertiary/aromatic N) is 3. The van der Waals surface area contributed by atoms with Gasteiger partial charge in [0.05, 0.1) is 35.4 Å². The first-order valence-corrected chi connectivity index (χ1v) is 13.1. The van der Waals surface area contributed by atoms with Gasteiger partial charge in [0.25, 0.3) is 15.9 Å². The molecule has 0 aliphatic carbocycles. The van der Waals surface area contributed by atoms with E-state index in [9.17, 15) is 26.4 Å². The molecule has 0 fully saturated rings. The Kier molecular flexibility index (Phi) is 7.95. The van der Waals surface area contributed by atoms with Gasteiger partial charge in [0.15, 0.2) is 0 Å². The number of methoxy groups -OCH3 is 1. The van der Waals surface area contributed by atoms with E-state index in [2.05, 4.69) is 9.71 Å². The highest BCUT2D eigenvalue weighted by molar-refractivity contribution is 7.92. The first-order valence-electron chi connectivity index (χ1n) is 11.7. The minimum atomic E-state index is -4.73. The van der Waals surface area contributed by atoms with Crippen molar-refractivity contribution in [1.82, 2.24) is 14.5 Å². The summed E-state index contributed by atoms with van der Waals surface area (Å²) in [7, 11) is -1.31. The van der Waals surface area contributed by atoms with Gasteiger partial charge in [-0.2, -0.15) is 13.2 Å². The van der Waals surface area contributed by atoms with Gasteiger partial charge in [-0.3, -0.25) is 9.52 Å². The Balaban J connectivity index is 1.73. The Morgan fingerprint density at radius 1 is 1.03 bits per heavy atom. The molecule has 8 nitrogen and oxygen atoms in total. The van der Waals surface area contributed by atoms with Crippen molar-refractivity contribution in [2.45, 2.75) is 24.2 Å². The normalized spacial score (nSPS) is 11.7. The van der Waals surface area contributed by atoms with Crippen LogP contribution in [-0.4, -0.2) is 35.9 Å². The van der Waals surface area contributed by atoms with E-state index in [1.807, 2.05) is 30.3 Å². The lowest BCUT2D eigenvalue weighted by Gasteiger charge is -2.24. The van der Waals surface area contributed by atoms with Crippen LogP contribution in [0.4, 0.5) is 18.9 Å². The van der Waals surface area contributed by atoms with E-state index in [4.69, 9.17) is 4.74 Å². The van der Waals surface area contributed by atoms with Crippen molar-refractivity contribution in [2.75, 3.05) is 11.8 Å². The third-order valence-corrected chi connectivity index (χ3v) is 7.29. The Labute approximate surface area is 223 Å². The molecule has 0 spiro atoms. The molecule has 0 saturated carbocycles. The van der Waals surface area contributed by atoms with Crippen LogP contribution in [0, 0.1) is 0 Å². The number of hydrogen-bond donors (Lipinski definition) is 1. The minimum Gasteiger partial charge on any atom is -0.497 e. The van der Waals surface area contributed by atoms with E-state index in [0.29, 0.717) is 11.9 Å². The van der Waals surface area contributed by atoms with E-state index in [-0.39, 0.29) is 30.1 Å². The van der Waals surface area contributed by atoms with Gasteiger partial charge >= 0.3 is 6.18 Å². The van der Waals surface area contributed by atoms with E-state index in [0.717, 1.165) is 23.8 Å². The van der Waals surface area contributed by atoms with E-state index >= 15 is 0 Å². The molecule has 0 aliphatic rings. The SMILES string of the molecule is COc1ccc(NS(=O)(=O)c2cccc(C(F)(F)F)c2)c(C(=O)N(Cc2ccccc2)Cc2nccn2C)c1. The number of ether oxygens (including phenoxy) is 1. The van der Waals surface area contributed by atoms with Gasteiger partial charge in [-0.1, -0.05) is 36.4 Å². The average Bonchev–Trinajstić information content (AvgIpc) is 3.32. The summed E-state index contributed by atoms with van der Waals surface area (Å²) in [5.74, 6) is 0.341. The zero-order chi connectivity index (χ0) is 28.2. The number of carbonyl (C=O) groups excluding carboxylic acids is 1. The predicted molar refractivity (Wildman–Crippen MR) is 138 cm³/mol.